The van der Waals surface area contributed by atoms with E-state index in [9.17, 15) is 18.0 Å². The van der Waals surface area contributed by atoms with E-state index in [4.69, 9.17) is 16.3 Å². The van der Waals surface area contributed by atoms with Gasteiger partial charge in [-0.1, -0.05) is 35.9 Å². The number of benzene rings is 2. The van der Waals surface area contributed by atoms with Gasteiger partial charge in [0.05, 0.1) is 19.1 Å². The maximum atomic E-state index is 13.4. The van der Waals surface area contributed by atoms with Crippen LogP contribution in [-0.2, 0) is 26.2 Å². The summed E-state index contributed by atoms with van der Waals surface area (Å²) in [5.41, 5.74) is 0.712. The highest BCUT2D eigenvalue weighted by molar-refractivity contribution is 7.92. The molecule has 0 aliphatic carbocycles. The van der Waals surface area contributed by atoms with Gasteiger partial charge in [0.2, 0.25) is 21.8 Å². The van der Waals surface area contributed by atoms with Crippen LogP contribution in [0.3, 0.4) is 0 Å². The predicted octanol–water partition coefficient (Wildman–Crippen LogP) is 4.23. The van der Waals surface area contributed by atoms with Crippen LogP contribution >= 0.6 is 11.6 Å². The van der Waals surface area contributed by atoms with E-state index in [1.807, 2.05) is 32.9 Å². The Bertz CT molecular complexity index is 1160. The number of amides is 2. The molecule has 1 unspecified atom stereocenters. The minimum Gasteiger partial charge on any atom is -0.497 e. The first-order valence-corrected chi connectivity index (χ1v) is 13.9. The Labute approximate surface area is 219 Å². The van der Waals surface area contributed by atoms with E-state index in [1.54, 1.807) is 43.3 Å². The fourth-order valence-corrected chi connectivity index (χ4v) is 4.79. The number of nitrogens with zero attached hydrogens (tertiary/aromatic N) is 2. The number of hydrogen-bond donors (Lipinski definition) is 1. The van der Waals surface area contributed by atoms with E-state index in [-0.39, 0.29) is 37.7 Å². The third-order valence-corrected chi connectivity index (χ3v) is 7.02. The van der Waals surface area contributed by atoms with Crippen LogP contribution in [0.5, 0.6) is 5.75 Å². The van der Waals surface area contributed by atoms with Gasteiger partial charge in [-0.25, -0.2) is 8.42 Å². The lowest BCUT2D eigenvalue weighted by molar-refractivity contribution is -0.141. The highest BCUT2D eigenvalue weighted by atomic mass is 35.5. The SMILES string of the molecule is COc1cccc(N(CCCC(=O)N(Cc2ccccc2Cl)C(C)C(=O)NC(C)(C)C)S(C)(=O)=O)c1. The number of carbonyl (C=O) groups is 2. The molecule has 2 aromatic rings. The third-order valence-electron chi connectivity index (χ3n) is 5.46. The second-order valence-corrected chi connectivity index (χ2v) is 12.0. The number of anilines is 1. The van der Waals surface area contributed by atoms with Crippen LogP contribution in [0.15, 0.2) is 48.5 Å². The van der Waals surface area contributed by atoms with Crippen LogP contribution in [0.25, 0.3) is 0 Å². The molecule has 0 spiro atoms. The molecule has 0 aromatic heterocycles. The molecule has 0 radical (unpaired) electrons. The fraction of sp³-hybridized carbons (Fsp3) is 0.462. The summed E-state index contributed by atoms with van der Waals surface area (Å²) in [5, 5.41) is 3.42. The number of hydrogen-bond acceptors (Lipinski definition) is 5. The molecule has 36 heavy (non-hydrogen) atoms. The van der Waals surface area contributed by atoms with Gasteiger partial charge in [0.25, 0.3) is 0 Å². The summed E-state index contributed by atoms with van der Waals surface area (Å²) in [5.74, 6) is -0.0237. The average Bonchev–Trinajstić information content (AvgIpc) is 2.78. The van der Waals surface area contributed by atoms with E-state index >= 15 is 0 Å². The van der Waals surface area contributed by atoms with E-state index < -0.39 is 21.6 Å². The van der Waals surface area contributed by atoms with E-state index in [2.05, 4.69) is 5.32 Å². The highest BCUT2D eigenvalue weighted by Gasteiger charge is 2.29. The van der Waals surface area contributed by atoms with Crippen LogP contribution in [0.2, 0.25) is 5.02 Å². The largest absolute Gasteiger partial charge is 0.497 e. The molecule has 0 fully saturated rings. The summed E-state index contributed by atoms with van der Waals surface area (Å²) in [7, 11) is -2.09. The molecule has 2 rings (SSSR count). The second-order valence-electron chi connectivity index (χ2n) is 9.67. The lowest BCUT2D eigenvalue weighted by Gasteiger charge is -2.32. The number of ether oxygens (including phenoxy) is 1. The average molecular weight is 538 g/mol. The quantitative estimate of drug-likeness (QED) is 0.463. The zero-order valence-electron chi connectivity index (χ0n) is 21.7. The first-order valence-electron chi connectivity index (χ1n) is 11.7. The number of rotatable bonds is 11. The summed E-state index contributed by atoms with van der Waals surface area (Å²) >= 11 is 6.33. The molecule has 0 saturated carbocycles. The molecule has 2 amide bonds. The fourth-order valence-electron chi connectivity index (χ4n) is 3.64. The zero-order valence-corrected chi connectivity index (χ0v) is 23.3. The van der Waals surface area contributed by atoms with Gasteiger partial charge in [0, 0.05) is 36.1 Å². The van der Waals surface area contributed by atoms with E-state index in [0.717, 1.165) is 11.8 Å². The number of methoxy groups -OCH3 is 1. The van der Waals surface area contributed by atoms with Gasteiger partial charge in [-0.05, 0) is 57.9 Å². The molecule has 0 saturated heterocycles. The Morgan fingerprint density at radius 3 is 2.36 bits per heavy atom. The molecule has 8 nitrogen and oxygen atoms in total. The minimum absolute atomic E-state index is 0.0492. The van der Waals surface area contributed by atoms with Crippen molar-refractivity contribution in [2.24, 2.45) is 0 Å². The van der Waals surface area contributed by atoms with Crippen molar-refractivity contribution in [3.8, 4) is 5.75 Å². The molecule has 0 heterocycles. The summed E-state index contributed by atoms with van der Waals surface area (Å²) < 4.78 is 31.4. The van der Waals surface area contributed by atoms with Crippen molar-refractivity contribution in [2.75, 3.05) is 24.2 Å². The van der Waals surface area contributed by atoms with Gasteiger partial charge in [0.1, 0.15) is 11.8 Å². The topological polar surface area (TPSA) is 96.0 Å². The highest BCUT2D eigenvalue weighted by Crippen LogP contribution is 2.24. The normalized spacial score (nSPS) is 12.5. The predicted molar refractivity (Wildman–Crippen MR) is 144 cm³/mol. The Balaban J connectivity index is 2.21. The Morgan fingerprint density at radius 2 is 1.78 bits per heavy atom. The molecular formula is C26H36ClN3O5S. The molecule has 2 aromatic carbocycles. The number of halogens is 1. The maximum absolute atomic E-state index is 13.4. The van der Waals surface area contributed by atoms with Crippen LogP contribution in [-0.4, -0.2) is 56.6 Å². The van der Waals surface area contributed by atoms with Crippen LogP contribution in [0.1, 0.15) is 46.1 Å². The van der Waals surface area contributed by atoms with Gasteiger partial charge in [-0.2, -0.15) is 0 Å². The van der Waals surface area contributed by atoms with Crippen molar-refractivity contribution in [3.05, 3.63) is 59.1 Å². The molecular weight excluding hydrogens is 502 g/mol. The summed E-state index contributed by atoms with van der Waals surface area (Å²) in [4.78, 5) is 27.7. The Hall–Kier alpha value is -2.78. The van der Waals surface area contributed by atoms with Crippen LogP contribution < -0.4 is 14.4 Å². The minimum atomic E-state index is -3.59. The molecule has 0 bridgehead atoms. The number of nitrogens with one attached hydrogen (secondary N) is 1. The molecule has 0 aliphatic heterocycles. The molecule has 0 aliphatic rings. The summed E-state index contributed by atoms with van der Waals surface area (Å²) in [6.07, 6.45) is 1.43. The summed E-state index contributed by atoms with van der Waals surface area (Å²) in [6.45, 7) is 7.54. The first kappa shape index (κ1) is 29.5. The van der Waals surface area contributed by atoms with E-state index in [0.29, 0.717) is 16.5 Å². The number of carbonyl (C=O) groups excluding carboxylic acids is 2. The van der Waals surface area contributed by atoms with Gasteiger partial charge < -0.3 is 15.0 Å². The van der Waals surface area contributed by atoms with E-state index in [1.165, 1.54) is 16.3 Å². The lowest BCUT2D eigenvalue weighted by atomic mass is 10.1. The van der Waals surface area contributed by atoms with Crippen molar-refractivity contribution in [3.63, 3.8) is 0 Å². The molecule has 10 heteroatoms. The van der Waals surface area contributed by atoms with Crippen molar-refractivity contribution in [2.45, 2.75) is 58.7 Å². The van der Waals surface area contributed by atoms with Crippen LogP contribution in [0, 0.1) is 0 Å². The maximum Gasteiger partial charge on any atom is 0.242 e. The monoisotopic (exact) mass is 537 g/mol. The smallest absolute Gasteiger partial charge is 0.242 e. The van der Waals surface area contributed by atoms with Crippen molar-refractivity contribution < 1.29 is 22.7 Å². The van der Waals surface area contributed by atoms with Crippen LogP contribution in [0.4, 0.5) is 5.69 Å². The lowest BCUT2D eigenvalue weighted by Crippen LogP contribution is -2.52. The Kier molecular flexibility index (Phi) is 10.2. The van der Waals surface area contributed by atoms with Gasteiger partial charge in [0.15, 0.2) is 0 Å². The second kappa shape index (κ2) is 12.5. The van der Waals surface area contributed by atoms with Crippen molar-refractivity contribution in [1.29, 1.82) is 0 Å². The molecule has 1 atom stereocenters. The Morgan fingerprint density at radius 1 is 1.11 bits per heavy atom. The van der Waals surface area contributed by atoms with Gasteiger partial charge in [-0.15, -0.1) is 0 Å². The molecule has 198 valence electrons. The molecule has 1 N–H and O–H groups in total. The van der Waals surface area contributed by atoms with Gasteiger partial charge in [-0.3, -0.25) is 13.9 Å². The number of sulfonamides is 1. The summed E-state index contributed by atoms with van der Waals surface area (Å²) in [6, 6.07) is 13.1. The zero-order chi connectivity index (χ0) is 27.1. The third kappa shape index (κ3) is 8.71. The first-order chi connectivity index (χ1) is 16.7. The van der Waals surface area contributed by atoms with Gasteiger partial charge >= 0.3 is 0 Å². The standard InChI is InChI=1S/C26H36ClN3O5S/c1-19(25(32)28-26(2,3)4)29(18-20-11-7-8-14-23(20)27)24(31)15-10-16-30(36(6,33)34)21-12-9-13-22(17-21)35-5/h7-9,11-14,17,19H,10,15-16,18H2,1-6H3,(H,28,32). The van der Waals surface area contributed by atoms with Crippen molar-refractivity contribution in [1.82, 2.24) is 10.2 Å². The van der Waals surface area contributed by atoms with Crippen molar-refractivity contribution >= 4 is 39.1 Å².